The second kappa shape index (κ2) is 18.1. The minimum atomic E-state index is -0.964. The number of carbonyl (C=O) groups is 5. The summed E-state index contributed by atoms with van der Waals surface area (Å²) in [6, 6.07) is 14.7. The first kappa shape index (κ1) is 44.4. The van der Waals surface area contributed by atoms with Gasteiger partial charge in [0.1, 0.15) is 17.6 Å². The predicted molar refractivity (Wildman–Crippen MR) is 257 cm³/mol. The number of likely N-dealkylation sites (tertiary alicyclic amines) is 1. The molecule has 11 rings (SSSR count). The number of nitrogens with zero attached hydrogens (tertiary/aromatic N) is 12. The Labute approximate surface area is 399 Å². The molecule has 358 valence electrons. The van der Waals surface area contributed by atoms with Gasteiger partial charge in [0.15, 0.2) is 0 Å². The van der Waals surface area contributed by atoms with Crippen LogP contribution < -0.4 is 25.3 Å². The smallest absolute Gasteiger partial charge is 0.262 e. The molecule has 0 radical (unpaired) electrons. The van der Waals surface area contributed by atoms with Gasteiger partial charge in [-0.1, -0.05) is 5.10 Å². The van der Waals surface area contributed by atoms with Crippen LogP contribution in [0.3, 0.4) is 0 Å². The summed E-state index contributed by atoms with van der Waals surface area (Å²) in [5.41, 5.74) is 6.25. The fraction of sp³-hybridized carbons (Fsp3) is 0.469. The number of hydrogen-bond donors (Lipinski definition) is 3. The van der Waals surface area contributed by atoms with Crippen molar-refractivity contribution in [3.8, 4) is 11.3 Å². The van der Waals surface area contributed by atoms with Crippen molar-refractivity contribution >= 4 is 63.6 Å². The first-order valence-corrected chi connectivity index (χ1v) is 24.2. The lowest BCUT2D eigenvalue weighted by Crippen LogP contribution is -2.54. The normalized spacial score (nSPS) is 22.2. The molecule has 4 fully saturated rings. The number of pyridine rings is 1. The molecular formula is C49H57N15O5. The van der Waals surface area contributed by atoms with Crippen LogP contribution >= 0.6 is 0 Å². The molecule has 5 aromatic rings. The summed E-state index contributed by atoms with van der Waals surface area (Å²) in [5, 5.41) is 26.0. The standard InChI is InChI=1S/C49H57N15O5/c1-29-25-62(42-22-33(10-15-50-42)44-38-23-34(4-7-40(38)53-54-44)51-45(66)39-28-63-49(55-56-57-63)58(3)30(39)2)21-20-61(29)27-32-11-16-59(17-12-32)26-31-13-18-60(19-14-31)35-5-6-36-37(24-35)48(69)64(47(36)68)41-8-9-43(65)52-46(41)67/h4-7,10,15,22-24,29,31-32,41H,8-9,11-14,16-21,25-28H2,1-3H3,(H,51,66)(H,53,54)(H,52,65,67)/t29-,41?/m0/s1. The average Bonchev–Trinajstić information content (AvgIpc) is 4.08. The number of amides is 5. The number of hydrogen-bond acceptors (Lipinski definition) is 15. The van der Waals surface area contributed by atoms with Gasteiger partial charge in [0.2, 0.25) is 17.8 Å². The van der Waals surface area contributed by atoms with E-state index in [0.29, 0.717) is 46.2 Å². The van der Waals surface area contributed by atoms with Crippen molar-refractivity contribution in [2.45, 2.75) is 71.0 Å². The first-order valence-electron chi connectivity index (χ1n) is 24.2. The van der Waals surface area contributed by atoms with E-state index in [2.05, 4.69) is 63.8 Å². The van der Waals surface area contributed by atoms with Gasteiger partial charge < -0.3 is 24.9 Å². The maximum absolute atomic E-state index is 13.5. The van der Waals surface area contributed by atoms with Crippen LogP contribution in [0.25, 0.3) is 22.2 Å². The zero-order valence-electron chi connectivity index (χ0n) is 39.2. The Bertz CT molecular complexity index is 2890. The molecular weight excluding hydrogens is 879 g/mol. The lowest BCUT2D eigenvalue weighted by Gasteiger charge is -2.43. The van der Waals surface area contributed by atoms with Crippen LogP contribution in [0.4, 0.5) is 23.1 Å². The molecule has 4 saturated heterocycles. The van der Waals surface area contributed by atoms with Gasteiger partial charge in [-0.25, -0.2) is 9.67 Å². The number of piperidine rings is 3. The summed E-state index contributed by atoms with van der Waals surface area (Å²) >= 11 is 0. The minimum absolute atomic E-state index is 0.0999. The molecule has 20 nitrogen and oxygen atoms in total. The number of aromatic amines is 1. The van der Waals surface area contributed by atoms with Crippen LogP contribution in [0.2, 0.25) is 0 Å². The van der Waals surface area contributed by atoms with Gasteiger partial charge in [0.25, 0.3) is 17.7 Å². The number of allylic oxidation sites excluding steroid dienone is 1. The van der Waals surface area contributed by atoms with E-state index in [9.17, 15) is 24.0 Å². The molecule has 1 unspecified atom stereocenters. The molecule has 9 heterocycles. The highest BCUT2D eigenvalue weighted by molar-refractivity contribution is 6.23. The second-order valence-electron chi connectivity index (χ2n) is 19.6. The van der Waals surface area contributed by atoms with Gasteiger partial charge in [-0.2, -0.15) is 5.10 Å². The number of tetrazole rings is 1. The molecule has 5 amide bonds. The molecule has 69 heavy (non-hydrogen) atoms. The molecule has 0 saturated carbocycles. The first-order chi connectivity index (χ1) is 33.4. The maximum atomic E-state index is 13.5. The third-order valence-electron chi connectivity index (χ3n) is 15.4. The number of rotatable bonds is 10. The minimum Gasteiger partial charge on any atom is -0.371 e. The second-order valence-corrected chi connectivity index (χ2v) is 19.6. The summed E-state index contributed by atoms with van der Waals surface area (Å²) < 4.78 is 1.61. The average molecular weight is 936 g/mol. The van der Waals surface area contributed by atoms with Gasteiger partial charge in [-0.3, -0.25) is 44.2 Å². The van der Waals surface area contributed by atoms with Crippen molar-refractivity contribution in [1.29, 1.82) is 0 Å². The van der Waals surface area contributed by atoms with Crippen LogP contribution in [0, 0.1) is 11.8 Å². The zero-order valence-corrected chi connectivity index (χ0v) is 39.2. The summed E-state index contributed by atoms with van der Waals surface area (Å²) in [6.45, 7) is 13.5. The highest BCUT2D eigenvalue weighted by Crippen LogP contribution is 2.35. The highest BCUT2D eigenvalue weighted by atomic mass is 16.2. The quantitative estimate of drug-likeness (QED) is 0.171. The molecule has 0 spiro atoms. The van der Waals surface area contributed by atoms with Crippen LogP contribution in [-0.4, -0.2) is 158 Å². The van der Waals surface area contributed by atoms with Crippen LogP contribution in [0.5, 0.6) is 0 Å². The fourth-order valence-corrected chi connectivity index (χ4v) is 11.2. The highest BCUT2D eigenvalue weighted by Gasteiger charge is 2.45. The van der Waals surface area contributed by atoms with E-state index in [0.717, 1.165) is 116 Å². The van der Waals surface area contributed by atoms with E-state index in [1.165, 1.54) is 12.8 Å². The van der Waals surface area contributed by atoms with Crippen molar-refractivity contribution < 1.29 is 24.0 Å². The Morgan fingerprint density at radius 3 is 2.42 bits per heavy atom. The summed E-state index contributed by atoms with van der Waals surface area (Å²) in [5.74, 6) is 0.681. The van der Waals surface area contributed by atoms with Crippen molar-refractivity contribution in [2.24, 2.45) is 11.8 Å². The Balaban J connectivity index is 0.641. The van der Waals surface area contributed by atoms with Crippen LogP contribution in [0.15, 0.2) is 66.0 Å². The number of H-pyrrole nitrogens is 1. The van der Waals surface area contributed by atoms with Crippen molar-refractivity contribution in [2.75, 3.05) is 86.0 Å². The van der Waals surface area contributed by atoms with E-state index in [-0.39, 0.29) is 31.2 Å². The van der Waals surface area contributed by atoms with E-state index in [1.807, 2.05) is 55.4 Å². The molecule has 2 aromatic carbocycles. The number of anilines is 4. The van der Waals surface area contributed by atoms with Gasteiger partial charge in [0, 0.05) is 99.5 Å². The number of piperazine rings is 1. The van der Waals surface area contributed by atoms with Crippen molar-refractivity contribution in [3.63, 3.8) is 0 Å². The SMILES string of the molecule is CC1=C(C(=O)Nc2ccc3[nH]nc(-c4ccnc(N5CCN(CC6CCN(CC7CCN(c8ccc9c(c8)C(=O)N(C8CCC(=O)NC8=O)C9=O)CC7)CC6)[C@@H](C)C5)c4)c3c2)Cn2nnnc2N1C. The number of nitrogens with one attached hydrogen (secondary N) is 3. The molecule has 0 aliphatic carbocycles. The molecule has 20 heteroatoms. The molecule has 3 N–H and O–H groups in total. The number of carbonyl (C=O) groups excluding carboxylic acids is 5. The number of benzene rings is 2. The van der Waals surface area contributed by atoms with E-state index in [1.54, 1.807) is 16.8 Å². The summed E-state index contributed by atoms with van der Waals surface area (Å²) in [4.78, 5) is 82.0. The number of fused-ring (bicyclic) bond motifs is 3. The Morgan fingerprint density at radius 2 is 1.62 bits per heavy atom. The van der Waals surface area contributed by atoms with Crippen LogP contribution in [-0.2, 0) is 20.9 Å². The molecule has 6 aliphatic rings. The predicted octanol–water partition coefficient (Wildman–Crippen LogP) is 3.51. The molecule has 2 atom stereocenters. The van der Waals surface area contributed by atoms with Gasteiger partial charge in [-0.15, -0.1) is 0 Å². The maximum Gasteiger partial charge on any atom is 0.262 e. The molecule has 0 bridgehead atoms. The van der Waals surface area contributed by atoms with Crippen molar-refractivity contribution in [1.82, 2.24) is 55.4 Å². The molecule has 6 aliphatic heterocycles. The van der Waals surface area contributed by atoms with Crippen molar-refractivity contribution in [3.05, 3.63) is 77.1 Å². The lowest BCUT2D eigenvalue weighted by atomic mass is 9.92. The van der Waals surface area contributed by atoms with E-state index in [4.69, 9.17) is 10.1 Å². The lowest BCUT2D eigenvalue weighted by molar-refractivity contribution is -0.136. The summed E-state index contributed by atoms with van der Waals surface area (Å²) in [6.07, 6.45) is 6.63. The van der Waals surface area contributed by atoms with Gasteiger partial charge in [0.05, 0.1) is 28.8 Å². The number of aromatic nitrogens is 7. The number of imide groups is 2. The Morgan fingerprint density at radius 1 is 0.841 bits per heavy atom. The van der Waals surface area contributed by atoms with Gasteiger partial charge in [-0.05, 0) is 130 Å². The van der Waals surface area contributed by atoms with E-state index < -0.39 is 23.8 Å². The third kappa shape index (κ3) is 8.49. The topological polar surface area (TPSA) is 214 Å². The zero-order chi connectivity index (χ0) is 47.5. The van der Waals surface area contributed by atoms with Crippen LogP contribution in [0.1, 0.15) is 73.1 Å². The Hall–Kier alpha value is -7.06. The third-order valence-corrected chi connectivity index (χ3v) is 15.4. The summed E-state index contributed by atoms with van der Waals surface area (Å²) in [7, 11) is 1.85. The largest absolute Gasteiger partial charge is 0.371 e. The van der Waals surface area contributed by atoms with E-state index >= 15 is 0 Å². The Kier molecular flexibility index (Phi) is 11.7. The van der Waals surface area contributed by atoms with Gasteiger partial charge >= 0.3 is 0 Å². The monoisotopic (exact) mass is 935 g/mol. The molecule has 3 aromatic heterocycles. The fourth-order valence-electron chi connectivity index (χ4n) is 11.2.